The first-order valence-corrected chi connectivity index (χ1v) is 7.46. The van der Waals surface area contributed by atoms with Crippen molar-refractivity contribution in [3.63, 3.8) is 0 Å². The second kappa shape index (κ2) is 7.19. The highest BCUT2D eigenvalue weighted by Gasteiger charge is 2.34. The lowest BCUT2D eigenvalue weighted by Crippen LogP contribution is -2.25. The van der Waals surface area contributed by atoms with Crippen LogP contribution in [0.25, 0.3) is 10.9 Å². The summed E-state index contributed by atoms with van der Waals surface area (Å²) in [6, 6.07) is 13.0. The van der Waals surface area contributed by atoms with E-state index in [9.17, 15) is 18.0 Å². The largest absolute Gasteiger partial charge is 0.483 e. The van der Waals surface area contributed by atoms with Gasteiger partial charge in [0.05, 0.1) is 22.7 Å². The maximum absolute atomic E-state index is 12.9. The van der Waals surface area contributed by atoms with Gasteiger partial charge in [0.15, 0.2) is 6.61 Å². The Balaban J connectivity index is 1.60. The minimum Gasteiger partial charge on any atom is -0.483 e. The molecule has 0 radical (unpaired) electrons. The molecule has 3 aromatic rings. The molecule has 0 fully saturated rings. The molecule has 3 rings (SSSR count). The predicted octanol–water partition coefficient (Wildman–Crippen LogP) is 3.32. The average molecular weight is 359 g/mol. The molecule has 132 valence electrons. The fourth-order valence-corrected chi connectivity index (χ4v) is 2.26. The number of aromatic nitrogens is 1. The second-order valence-corrected chi connectivity index (χ2v) is 5.22. The zero-order valence-corrected chi connectivity index (χ0v) is 13.2. The molecular formula is C18H12F3N3O2. The first kappa shape index (κ1) is 17.4. The number of hydrogen-bond acceptors (Lipinski definition) is 3. The summed E-state index contributed by atoms with van der Waals surface area (Å²) in [5.74, 6) is -1.10. The molecule has 8 heteroatoms. The molecule has 1 amide bonds. The summed E-state index contributed by atoms with van der Waals surface area (Å²) in [7, 11) is 0. The number of ether oxygens (including phenoxy) is 1. The lowest BCUT2D eigenvalue weighted by Gasteiger charge is -2.12. The lowest BCUT2D eigenvalue weighted by atomic mass is 10.1. The molecule has 1 heterocycles. The number of fused-ring (bicyclic) bond motifs is 1. The van der Waals surface area contributed by atoms with Crippen LogP contribution in [0.4, 0.5) is 13.2 Å². The number of hydrazone groups is 1. The number of benzene rings is 2. The number of carbonyl (C=O) groups excluding carboxylic acids is 1. The number of hydrogen-bond donors (Lipinski definition) is 2. The summed E-state index contributed by atoms with van der Waals surface area (Å²) in [6.07, 6.45) is -0.434. The third-order valence-corrected chi connectivity index (χ3v) is 3.43. The van der Waals surface area contributed by atoms with Gasteiger partial charge in [-0.3, -0.25) is 4.79 Å². The van der Waals surface area contributed by atoms with Gasteiger partial charge in [0.2, 0.25) is 0 Å². The maximum Gasteiger partial charge on any atom is 0.419 e. The Labute approximate surface area is 146 Å². The lowest BCUT2D eigenvalue weighted by molar-refractivity contribution is -0.139. The van der Waals surface area contributed by atoms with Crippen LogP contribution in [0.2, 0.25) is 0 Å². The number of alkyl halides is 3. The molecule has 0 aliphatic heterocycles. The third kappa shape index (κ3) is 3.95. The van der Waals surface area contributed by atoms with Crippen molar-refractivity contribution in [1.29, 1.82) is 0 Å². The van der Waals surface area contributed by atoms with E-state index in [1.807, 2.05) is 6.07 Å². The Kier molecular flexibility index (Phi) is 4.80. The second-order valence-electron chi connectivity index (χ2n) is 5.22. The number of amides is 1. The molecule has 0 aliphatic carbocycles. The van der Waals surface area contributed by atoms with Crippen molar-refractivity contribution in [2.24, 2.45) is 5.10 Å². The quantitative estimate of drug-likeness (QED) is 0.542. The minimum atomic E-state index is -4.56. The van der Waals surface area contributed by atoms with Crippen molar-refractivity contribution >= 4 is 23.0 Å². The SMILES string of the molecule is O=C(COc1ccccc1C(F)(F)F)N/N=C\c1cccc2[nH]c#cc12. The van der Waals surface area contributed by atoms with Crippen LogP contribution in [0.1, 0.15) is 11.1 Å². The number of nitrogens with one attached hydrogen (secondary N) is 2. The molecule has 1 aromatic heterocycles. The first-order valence-electron chi connectivity index (χ1n) is 7.46. The summed E-state index contributed by atoms with van der Waals surface area (Å²) in [5, 5.41) is 4.53. The Hall–Kier alpha value is -3.47. The van der Waals surface area contributed by atoms with Crippen molar-refractivity contribution in [1.82, 2.24) is 10.4 Å². The maximum atomic E-state index is 12.9. The van der Waals surface area contributed by atoms with E-state index < -0.39 is 30.0 Å². The molecule has 0 unspecified atom stereocenters. The van der Waals surface area contributed by atoms with Crippen LogP contribution in [-0.4, -0.2) is 23.7 Å². The standard InChI is InChI=1S/C18H12F3N3O2/c19-18(20,21)14-5-1-2-7-16(14)26-11-17(25)24-23-10-12-4-3-6-15-13(12)8-9-22-15/h1-7,10,22H,11H2,(H,24,25)/b23-10-. The van der Waals surface area contributed by atoms with Crippen molar-refractivity contribution in [3.8, 4) is 5.75 Å². The Bertz CT molecular complexity index is 948. The zero-order valence-electron chi connectivity index (χ0n) is 13.2. The van der Waals surface area contributed by atoms with Crippen LogP contribution >= 0.6 is 0 Å². The fraction of sp³-hybridized carbons (Fsp3) is 0.111. The van der Waals surface area contributed by atoms with Crippen LogP contribution in [0.3, 0.4) is 0 Å². The normalized spacial score (nSPS) is 11.5. The van der Waals surface area contributed by atoms with E-state index in [1.54, 1.807) is 12.1 Å². The fourth-order valence-electron chi connectivity index (χ4n) is 2.26. The average Bonchev–Trinajstić information content (AvgIpc) is 3.09. The van der Waals surface area contributed by atoms with Crippen LogP contribution in [0, 0.1) is 12.3 Å². The van der Waals surface area contributed by atoms with Crippen LogP contribution in [0.15, 0.2) is 47.6 Å². The van der Waals surface area contributed by atoms with Crippen molar-refractivity contribution in [3.05, 3.63) is 65.9 Å². The molecule has 2 N–H and O–H groups in total. The number of aromatic amines is 1. The monoisotopic (exact) mass is 359 g/mol. The van der Waals surface area contributed by atoms with Gasteiger partial charge in [-0.2, -0.15) is 18.3 Å². The summed E-state index contributed by atoms with van der Waals surface area (Å²) in [4.78, 5) is 14.6. The predicted molar refractivity (Wildman–Crippen MR) is 88.6 cm³/mol. The van der Waals surface area contributed by atoms with Crippen molar-refractivity contribution < 1.29 is 22.7 Å². The van der Waals surface area contributed by atoms with E-state index in [1.165, 1.54) is 18.3 Å². The molecule has 0 spiro atoms. The van der Waals surface area contributed by atoms with E-state index in [-0.39, 0.29) is 0 Å². The van der Waals surface area contributed by atoms with Crippen LogP contribution < -0.4 is 10.2 Å². The molecule has 26 heavy (non-hydrogen) atoms. The highest BCUT2D eigenvalue weighted by atomic mass is 19.4. The van der Waals surface area contributed by atoms with E-state index in [2.05, 4.69) is 27.8 Å². The highest BCUT2D eigenvalue weighted by Crippen LogP contribution is 2.35. The van der Waals surface area contributed by atoms with E-state index >= 15 is 0 Å². The van der Waals surface area contributed by atoms with Gasteiger partial charge in [0.25, 0.3) is 5.91 Å². The Morgan fingerprint density at radius 1 is 1.23 bits per heavy atom. The zero-order chi connectivity index (χ0) is 18.6. The van der Waals surface area contributed by atoms with Gasteiger partial charge in [-0.25, -0.2) is 5.43 Å². The van der Waals surface area contributed by atoms with Crippen LogP contribution in [-0.2, 0) is 11.0 Å². The van der Waals surface area contributed by atoms with Gasteiger partial charge in [0, 0.05) is 11.8 Å². The summed E-state index contributed by atoms with van der Waals surface area (Å²) >= 11 is 0. The molecule has 0 aliphatic rings. The van der Waals surface area contributed by atoms with Gasteiger partial charge in [0.1, 0.15) is 5.75 Å². The van der Waals surface area contributed by atoms with Crippen LogP contribution in [0.5, 0.6) is 5.75 Å². The minimum absolute atomic E-state index is 0.415. The molecule has 2 aromatic carbocycles. The number of halogens is 3. The first-order chi connectivity index (χ1) is 12.4. The molecule has 5 nitrogen and oxygen atoms in total. The van der Waals surface area contributed by atoms with Gasteiger partial charge >= 0.3 is 6.18 Å². The van der Waals surface area contributed by atoms with Gasteiger partial charge < -0.3 is 9.72 Å². The van der Waals surface area contributed by atoms with E-state index in [4.69, 9.17) is 4.74 Å². The molecule has 0 atom stereocenters. The molecular weight excluding hydrogens is 347 g/mol. The molecule has 0 saturated heterocycles. The summed E-state index contributed by atoms with van der Waals surface area (Å²) < 4.78 is 43.5. The topological polar surface area (TPSA) is 66.5 Å². The van der Waals surface area contributed by atoms with Gasteiger partial charge in [-0.15, -0.1) is 0 Å². The number of para-hydroxylation sites is 1. The smallest absolute Gasteiger partial charge is 0.419 e. The van der Waals surface area contributed by atoms with E-state index in [0.717, 1.165) is 23.0 Å². The number of H-pyrrole nitrogens is 1. The highest BCUT2D eigenvalue weighted by molar-refractivity contribution is 5.97. The van der Waals surface area contributed by atoms with E-state index in [0.29, 0.717) is 5.56 Å². The van der Waals surface area contributed by atoms with Gasteiger partial charge in [-0.1, -0.05) is 24.3 Å². The number of nitrogens with zero attached hydrogens (tertiary/aromatic N) is 1. The molecule has 0 saturated carbocycles. The Morgan fingerprint density at radius 3 is 2.85 bits per heavy atom. The molecule has 0 bridgehead atoms. The number of rotatable bonds is 5. The third-order valence-electron chi connectivity index (χ3n) is 3.43. The summed E-state index contributed by atoms with van der Waals surface area (Å²) in [6.45, 7) is -0.599. The Morgan fingerprint density at radius 2 is 2.04 bits per heavy atom. The number of carbonyl (C=O) groups is 1. The van der Waals surface area contributed by atoms with Gasteiger partial charge in [-0.05, 0) is 24.3 Å². The summed E-state index contributed by atoms with van der Waals surface area (Å²) in [5.41, 5.74) is 2.77. The van der Waals surface area contributed by atoms with Crippen molar-refractivity contribution in [2.45, 2.75) is 6.18 Å². The van der Waals surface area contributed by atoms with Crippen molar-refractivity contribution in [2.75, 3.05) is 6.61 Å².